The molecule has 1 aromatic heterocycles. The molecule has 3 N–H and O–H groups in total. The van der Waals surface area contributed by atoms with Crippen molar-refractivity contribution in [3.8, 4) is 0 Å². The van der Waals surface area contributed by atoms with Gasteiger partial charge >= 0.3 is 0 Å². The number of nitrogens with one attached hydrogen (secondary N) is 1. The van der Waals surface area contributed by atoms with E-state index in [-0.39, 0.29) is 0 Å². The number of nitrogens with two attached hydrogens (primary N) is 1. The first-order valence-electron chi connectivity index (χ1n) is 5.22. The molecule has 1 aliphatic rings. The second kappa shape index (κ2) is 3.86. The van der Waals surface area contributed by atoms with Gasteiger partial charge in [0.2, 0.25) is 0 Å². The Balaban J connectivity index is 2.01. The average molecular weight is 191 g/mol. The lowest BCUT2D eigenvalue weighted by atomic mass is 10.1. The van der Waals surface area contributed by atoms with E-state index in [4.69, 9.17) is 5.73 Å². The van der Waals surface area contributed by atoms with Gasteiger partial charge in [-0.2, -0.15) is 0 Å². The van der Waals surface area contributed by atoms with Crippen LogP contribution in [0.5, 0.6) is 0 Å². The Morgan fingerprint density at radius 2 is 2.36 bits per heavy atom. The molecule has 76 valence electrons. The summed E-state index contributed by atoms with van der Waals surface area (Å²) in [6.45, 7) is 2.30. The van der Waals surface area contributed by atoms with Crippen LogP contribution in [-0.4, -0.2) is 11.0 Å². The van der Waals surface area contributed by atoms with Gasteiger partial charge < -0.3 is 11.1 Å². The molecular formula is C11H17N3. The van der Waals surface area contributed by atoms with Gasteiger partial charge in [0, 0.05) is 12.2 Å². The van der Waals surface area contributed by atoms with Crippen LogP contribution >= 0.6 is 0 Å². The van der Waals surface area contributed by atoms with Crippen molar-refractivity contribution in [2.24, 2.45) is 5.92 Å². The fourth-order valence-corrected chi connectivity index (χ4v) is 2.07. The fourth-order valence-electron chi connectivity index (χ4n) is 2.07. The van der Waals surface area contributed by atoms with Crippen molar-refractivity contribution < 1.29 is 0 Å². The van der Waals surface area contributed by atoms with Crippen LogP contribution in [0, 0.1) is 5.92 Å². The van der Waals surface area contributed by atoms with Crippen molar-refractivity contribution in [1.29, 1.82) is 0 Å². The van der Waals surface area contributed by atoms with Crippen LogP contribution in [0.25, 0.3) is 0 Å². The summed E-state index contributed by atoms with van der Waals surface area (Å²) in [5.74, 6) is 1.67. The Hall–Kier alpha value is -1.25. The van der Waals surface area contributed by atoms with E-state index in [0.717, 1.165) is 17.4 Å². The molecule has 2 unspecified atom stereocenters. The number of nitrogens with zero attached hydrogens (tertiary/aromatic N) is 1. The molecule has 3 nitrogen and oxygen atoms in total. The normalized spacial score (nSPS) is 26.4. The van der Waals surface area contributed by atoms with Gasteiger partial charge in [-0.3, -0.25) is 0 Å². The number of nitrogen functional groups attached to an aromatic ring is 1. The molecule has 0 bridgehead atoms. The minimum Gasteiger partial charge on any atom is -0.396 e. The van der Waals surface area contributed by atoms with E-state index in [1.54, 1.807) is 6.20 Å². The van der Waals surface area contributed by atoms with Crippen molar-refractivity contribution >= 4 is 11.5 Å². The second-order valence-electron chi connectivity index (χ2n) is 4.20. The van der Waals surface area contributed by atoms with E-state index in [0.29, 0.717) is 6.04 Å². The molecule has 14 heavy (non-hydrogen) atoms. The molecule has 1 aliphatic carbocycles. The van der Waals surface area contributed by atoms with Crippen LogP contribution in [0.1, 0.15) is 26.2 Å². The topological polar surface area (TPSA) is 50.9 Å². The van der Waals surface area contributed by atoms with Crippen molar-refractivity contribution in [2.45, 2.75) is 32.2 Å². The highest BCUT2D eigenvalue weighted by molar-refractivity contribution is 5.60. The summed E-state index contributed by atoms with van der Waals surface area (Å²) in [5.41, 5.74) is 6.55. The van der Waals surface area contributed by atoms with Gasteiger partial charge in [0.25, 0.3) is 0 Å². The summed E-state index contributed by atoms with van der Waals surface area (Å²) >= 11 is 0. The fraction of sp³-hybridized carbons (Fsp3) is 0.545. The third-order valence-corrected chi connectivity index (χ3v) is 2.87. The minimum absolute atomic E-state index is 0.558. The molecule has 3 heteroatoms. The van der Waals surface area contributed by atoms with Gasteiger partial charge in [-0.15, -0.1) is 0 Å². The van der Waals surface area contributed by atoms with Crippen LogP contribution in [0.15, 0.2) is 18.3 Å². The predicted molar refractivity (Wildman–Crippen MR) is 59.1 cm³/mol. The van der Waals surface area contributed by atoms with E-state index in [1.165, 1.54) is 19.3 Å². The first-order chi connectivity index (χ1) is 6.75. The van der Waals surface area contributed by atoms with Crippen molar-refractivity contribution in [3.05, 3.63) is 18.3 Å². The maximum absolute atomic E-state index is 5.81. The molecule has 0 saturated heterocycles. The zero-order chi connectivity index (χ0) is 9.97. The number of hydrogen-bond donors (Lipinski definition) is 2. The van der Waals surface area contributed by atoms with Crippen LogP contribution in [0.2, 0.25) is 0 Å². The molecule has 0 aromatic carbocycles. The summed E-state index contributed by atoms with van der Waals surface area (Å²) in [5, 5.41) is 3.40. The number of anilines is 2. The van der Waals surface area contributed by atoms with Gasteiger partial charge in [0.05, 0.1) is 5.69 Å². The van der Waals surface area contributed by atoms with Crippen LogP contribution < -0.4 is 11.1 Å². The summed E-state index contributed by atoms with van der Waals surface area (Å²) in [6, 6.07) is 4.30. The molecule has 0 spiro atoms. The third kappa shape index (κ3) is 1.97. The lowest BCUT2D eigenvalue weighted by molar-refractivity contribution is 0.602. The monoisotopic (exact) mass is 191 g/mol. The summed E-state index contributed by atoms with van der Waals surface area (Å²) < 4.78 is 0. The molecule has 2 atom stereocenters. The molecule has 2 rings (SSSR count). The quantitative estimate of drug-likeness (QED) is 0.754. The predicted octanol–water partition coefficient (Wildman–Crippen LogP) is 2.26. The summed E-state index contributed by atoms with van der Waals surface area (Å²) in [4.78, 5) is 4.23. The Labute approximate surface area is 84.7 Å². The smallest absolute Gasteiger partial charge is 0.149 e. The Kier molecular flexibility index (Phi) is 2.57. The van der Waals surface area contributed by atoms with E-state index in [1.807, 2.05) is 12.1 Å². The highest BCUT2D eigenvalue weighted by Crippen LogP contribution is 2.28. The van der Waals surface area contributed by atoms with Gasteiger partial charge in [-0.25, -0.2) is 4.98 Å². The first-order valence-corrected chi connectivity index (χ1v) is 5.22. The maximum atomic E-state index is 5.81. The number of aromatic nitrogens is 1. The lowest BCUT2D eigenvalue weighted by Gasteiger charge is -2.14. The number of rotatable bonds is 2. The SMILES string of the molecule is CC1CCC(Nc2ncccc2N)C1. The van der Waals surface area contributed by atoms with E-state index < -0.39 is 0 Å². The standard InChI is InChI=1S/C11H17N3/c1-8-4-5-9(7-8)14-11-10(12)3-2-6-13-11/h2-3,6,8-9H,4-5,7,12H2,1H3,(H,13,14). The largest absolute Gasteiger partial charge is 0.396 e. The van der Waals surface area contributed by atoms with Crippen LogP contribution in [-0.2, 0) is 0 Å². The summed E-state index contributed by atoms with van der Waals surface area (Å²) in [7, 11) is 0. The molecule has 0 aliphatic heterocycles. The molecule has 1 aromatic rings. The third-order valence-electron chi connectivity index (χ3n) is 2.87. The van der Waals surface area contributed by atoms with Gasteiger partial charge in [-0.05, 0) is 37.3 Å². The Morgan fingerprint density at radius 3 is 3.00 bits per heavy atom. The van der Waals surface area contributed by atoms with Crippen molar-refractivity contribution in [3.63, 3.8) is 0 Å². The molecule has 1 heterocycles. The zero-order valence-corrected chi connectivity index (χ0v) is 8.53. The van der Waals surface area contributed by atoms with Crippen molar-refractivity contribution in [2.75, 3.05) is 11.1 Å². The Morgan fingerprint density at radius 1 is 1.50 bits per heavy atom. The number of pyridine rings is 1. The summed E-state index contributed by atoms with van der Waals surface area (Å²) in [6.07, 6.45) is 5.55. The van der Waals surface area contributed by atoms with Gasteiger partial charge in [0.15, 0.2) is 0 Å². The minimum atomic E-state index is 0.558. The molecule has 0 amide bonds. The molecule has 1 fully saturated rings. The van der Waals surface area contributed by atoms with E-state index >= 15 is 0 Å². The Bertz CT molecular complexity index is 311. The van der Waals surface area contributed by atoms with E-state index in [2.05, 4.69) is 17.2 Å². The second-order valence-corrected chi connectivity index (χ2v) is 4.20. The highest BCUT2D eigenvalue weighted by atomic mass is 15.0. The highest BCUT2D eigenvalue weighted by Gasteiger charge is 2.21. The maximum Gasteiger partial charge on any atom is 0.149 e. The average Bonchev–Trinajstić information content (AvgIpc) is 2.56. The van der Waals surface area contributed by atoms with Crippen LogP contribution in [0.4, 0.5) is 11.5 Å². The van der Waals surface area contributed by atoms with E-state index in [9.17, 15) is 0 Å². The first kappa shape index (κ1) is 9.31. The van der Waals surface area contributed by atoms with Crippen molar-refractivity contribution in [1.82, 2.24) is 4.98 Å². The van der Waals surface area contributed by atoms with Gasteiger partial charge in [0.1, 0.15) is 5.82 Å². The zero-order valence-electron chi connectivity index (χ0n) is 8.53. The molecule has 0 radical (unpaired) electrons. The molecule has 1 saturated carbocycles. The lowest BCUT2D eigenvalue weighted by Crippen LogP contribution is -2.17. The number of hydrogen-bond acceptors (Lipinski definition) is 3. The van der Waals surface area contributed by atoms with Crippen LogP contribution in [0.3, 0.4) is 0 Å². The van der Waals surface area contributed by atoms with Gasteiger partial charge in [-0.1, -0.05) is 6.92 Å². The molecular weight excluding hydrogens is 174 g/mol.